The van der Waals surface area contributed by atoms with Gasteiger partial charge in [-0.1, -0.05) is 17.7 Å². The lowest BCUT2D eigenvalue weighted by Gasteiger charge is -2.24. The first-order valence-electron chi connectivity index (χ1n) is 6.21. The molecule has 0 amide bonds. The lowest BCUT2D eigenvalue weighted by atomic mass is 10.2. The molecule has 0 spiro atoms. The molecule has 19 heavy (non-hydrogen) atoms. The van der Waals surface area contributed by atoms with Crippen LogP contribution in [0.2, 0.25) is 0 Å². The zero-order valence-electron chi connectivity index (χ0n) is 10.7. The lowest BCUT2D eigenvalue weighted by molar-refractivity contribution is -0.136. The lowest BCUT2D eigenvalue weighted by Crippen LogP contribution is -2.35. The number of rotatable bonds is 6. The van der Waals surface area contributed by atoms with E-state index in [9.17, 15) is 13.2 Å². The molecule has 0 bridgehead atoms. The van der Waals surface area contributed by atoms with E-state index in [1.165, 1.54) is 4.31 Å². The van der Waals surface area contributed by atoms with E-state index in [0.29, 0.717) is 18.5 Å². The van der Waals surface area contributed by atoms with Crippen molar-refractivity contribution in [3.05, 3.63) is 29.8 Å². The van der Waals surface area contributed by atoms with Crippen molar-refractivity contribution < 1.29 is 18.3 Å². The molecule has 1 fully saturated rings. The number of sulfonamides is 1. The molecule has 6 heteroatoms. The van der Waals surface area contributed by atoms with Crippen LogP contribution in [0, 0.1) is 6.92 Å². The second-order valence-corrected chi connectivity index (χ2v) is 6.93. The van der Waals surface area contributed by atoms with Crippen molar-refractivity contribution in [2.75, 3.05) is 10.8 Å². The number of nitrogens with zero attached hydrogens (tertiary/aromatic N) is 1. The van der Waals surface area contributed by atoms with E-state index >= 15 is 0 Å². The Bertz CT molecular complexity index is 561. The number of anilines is 1. The maximum atomic E-state index is 12.3. The third-order valence-corrected chi connectivity index (χ3v) is 5.43. The van der Waals surface area contributed by atoms with E-state index < -0.39 is 16.0 Å². The quantitative estimate of drug-likeness (QED) is 0.863. The van der Waals surface area contributed by atoms with Gasteiger partial charge in [0, 0.05) is 6.54 Å². The van der Waals surface area contributed by atoms with Gasteiger partial charge in [0.2, 0.25) is 10.0 Å². The summed E-state index contributed by atoms with van der Waals surface area (Å²) >= 11 is 0. The second-order valence-electron chi connectivity index (χ2n) is 4.80. The minimum Gasteiger partial charge on any atom is -0.481 e. The Morgan fingerprint density at radius 2 is 1.89 bits per heavy atom. The smallest absolute Gasteiger partial charge is 0.305 e. The summed E-state index contributed by atoms with van der Waals surface area (Å²) < 4.78 is 25.9. The molecule has 0 radical (unpaired) electrons. The Hall–Kier alpha value is -1.56. The number of carboxylic acids is 1. The molecular formula is C13H17NO4S. The molecule has 0 aliphatic heterocycles. The van der Waals surface area contributed by atoms with Crippen molar-refractivity contribution in [3.8, 4) is 0 Å². The summed E-state index contributed by atoms with van der Waals surface area (Å²) in [5, 5.41) is 8.41. The van der Waals surface area contributed by atoms with Gasteiger partial charge in [-0.3, -0.25) is 9.10 Å². The zero-order valence-corrected chi connectivity index (χ0v) is 11.6. The molecule has 0 unspecified atom stereocenters. The molecule has 1 aromatic rings. The standard InChI is InChI=1S/C13H17NO4S/c1-10-2-4-11(5-3-10)14(9-8-13(15)16)19(17,18)12-6-7-12/h2-5,12H,6-9H2,1H3,(H,15,16). The van der Waals surface area contributed by atoms with Crippen LogP contribution in [0.4, 0.5) is 5.69 Å². The van der Waals surface area contributed by atoms with Crippen molar-refractivity contribution in [1.82, 2.24) is 0 Å². The molecule has 0 atom stereocenters. The molecule has 5 nitrogen and oxygen atoms in total. The Morgan fingerprint density at radius 1 is 1.32 bits per heavy atom. The Balaban J connectivity index is 2.28. The largest absolute Gasteiger partial charge is 0.481 e. The molecule has 0 aromatic heterocycles. The maximum Gasteiger partial charge on any atom is 0.305 e. The van der Waals surface area contributed by atoms with Crippen LogP contribution in [0.3, 0.4) is 0 Å². The molecule has 1 N–H and O–H groups in total. The summed E-state index contributed by atoms with van der Waals surface area (Å²) in [5.74, 6) is -0.997. The number of carbonyl (C=O) groups is 1. The third kappa shape index (κ3) is 3.26. The predicted molar refractivity (Wildman–Crippen MR) is 72.7 cm³/mol. The van der Waals surface area contributed by atoms with Crippen molar-refractivity contribution >= 4 is 21.7 Å². The first-order chi connectivity index (χ1) is 8.91. The second kappa shape index (κ2) is 5.21. The summed E-state index contributed by atoms with van der Waals surface area (Å²) in [5.41, 5.74) is 1.57. The van der Waals surface area contributed by atoms with Gasteiger partial charge in [-0.2, -0.15) is 0 Å². The van der Waals surface area contributed by atoms with E-state index in [-0.39, 0.29) is 18.2 Å². The van der Waals surface area contributed by atoms with E-state index in [1.807, 2.05) is 19.1 Å². The number of aliphatic carboxylic acids is 1. The predicted octanol–water partition coefficient (Wildman–Crippen LogP) is 1.77. The third-order valence-electron chi connectivity index (χ3n) is 3.10. The maximum absolute atomic E-state index is 12.3. The monoisotopic (exact) mass is 283 g/mol. The van der Waals surface area contributed by atoms with Gasteiger partial charge >= 0.3 is 5.97 Å². The highest BCUT2D eigenvalue weighted by atomic mass is 32.2. The number of carboxylic acid groups (broad SMARTS) is 1. The number of benzene rings is 1. The van der Waals surface area contributed by atoms with Gasteiger partial charge < -0.3 is 5.11 Å². The molecule has 2 rings (SSSR count). The van der Waals surface area contributed by atoms with Gasteiger partial charge in [-0.15, -0.1) is 0 Å². The molecule has 0 heterocycles. The zero-order chi connectivity index (χ0) is 14.0. The highest BCUT2D eigenvalue weighted by Gasteiger charge is 2.40. The van der Waals surface area contributed by atoms with Gasteiger partial charge in [0.15, 0.2) is 0 Å². The Labute approximate surface area is 112 Å². The van der Waals surface area contributed by atoms with Gasteiger partial charge in [0.05, 0.1) is 17.4 Å². The van der Waals surface area contributed by atoms with E-state index in [4.69, 9.17) is 5.11 Å². The van der Waals surface area contributed by atoms with Gasteiger partial charge in [0.1, 0.15) is 0 Å². The summed E-state index contributed by atoms with van der Waals surface area (Å²) in [6, 6.07) is 7.09. The van der Waals surface area contributed by atoms with E-state index in [0.717, 1.165) is 5.56 Å². The average Bonchev–Trinajstić information content (AvgIpc) is 3.15. The van der Waals surface area contributed by atoms with Gasteiger partial charge in [-0.25, -0.2) is 8.42 Å². The number of aryl methyl sites for hydroxylation is 1. The fourth-order valence-electron chi connectivity index (χ4n) is 1.86. The van der Waals surface area contributed by atoms with Crippen LogP contribution in [0.5, 0.6) is 0 Å². The normalized spacial score (nSPS) is 15.2. The van der Waals surface area contributed by atoms with Crippen molar-refractivity contribution in [2.45, 2.75) is 31.4 Å². The molecule has 1 aliphatic rings. The van der Waals surface area contributed by atoms with Gasteiger partial charge in [-0.05, 0) is 31.9 Å². The van der Waals surface area contributed by atoms with Gasteiger partial charge in [0.25, 0.3) is 0 Å². The van der Waals surface area contributed by atoms with Crippen LogP contribution in [-0.4, -0.2) is 31.3 Å². The highest BCUT2D eigenvalue weighted by molar-refractivity contribution is 7.93. The summed E-state index contributed by atoms with van der Waals surface area (Å²) in [4.78, 5) is 10.7. The highest BCUT2D eigenvalue weighted by Crippen LogP contribution is 2.33. The molecule has 0 saturated heterocycles. The Morgan fingerprint density at radius 3 is 2.37 bits per heavy atom. The van der Waals surface area contributed by atoms with Crippen molar-refractivity contribution in [3.63, 3.8) is 0 Å². The van der Waals surface area contributed by atoms with Crippen molar-refractivity contribution in [1.29, 1.82) is 0 Å². The van der Waals surface area contributed by atoms with E-state index in [2.05, 4.69) is 0 Å². The number of hydrogen-bond donors (Lipinski definition) is 1. The first-order valence-corrected chi connectivity index (χ1v) is 7.71. The minimum absolute atomic E-state index is 0.0166. The summed E-state index contributed by atoms with van der Waals surface area (Å²) in [6.45, 7) is 1.90. The van der Waals surface area contributed by atoms with Crippen LogP contribution in [-0.2, 0) is 14.8 Å². The molecule has 1 aromatic carbocycles. The summed E-state index contributed by atoms with van der Waals surface area (Å²) in [7, 11) is -3.42. The fourth-order valence-corrected chi connectivity index (χ4v) is 3.71. The molecular weight excluding hydrogens is 266 g/mol. The summed E-state index contributed by atoms with van der Waals surface area (Å²) in [6.07, 6.45) is 1.13. The van der Waals surface area contributed by atoms with Crippen molar-refractivity contribution in [2.24, 2.45) is 0 Å². The fraction of sp³-hybridized carbons (Fsp3) is 0.462. The van der Waals surface area contributed by atoms with Crippen LogP contribution in [0.1, 0.15) is 24.8 Å². The van der Waals surface area contributed by atoms with Crippen LogP contribution >= 0.6 is 0 Å². The van der Waals surface area contributed by atoms with Crippen LogP contribution in [0.15, 0.2) is 24.3 Å². The van der Waals surface area contributed by atoms with Crippen LogP contribution < -0.4 is 4.31 Å². The molecule has 1 saturated carbocycles. The molecule has 1 aliphatic carbocycles. The molecule has 104 valence electrons. The number of hydrogen-bond acceptors (Lipinski definition) is 3. The topological polar surface area (TPSA) is 74.7 Å². The minimum atomic E-state index is -3.42. The van der Waals surface area contributed by atoms with E-state index in [1.54, 1.807) is 12.1 Å². The SMILES string of the molecule is Cc1ccc(N(CCC(=O)O)S(=O)(=O)C2CC2)cc1. The first kappa shape index (κ1) is 13.9. The van der Waals surface area contributed by atoms with Crippen LogP contribution in [0.25, 0.3) is 0 Å². The Kier molecular flexibility index (Phi) is 3.80. The average molecular weight is 283 g/mol.